The summed E-state index contributed by atoms with van der Waals surface area (Å²) in [5.74, 6) is -1.79. The molecule has 0 aliphatic carbocycles. The molecule has 0 radical (unpaired) electrons. The summed E-state index contributed by atoms with van der Waals surface area (Å²) in [5.41, 5.74) is 0. The van der Waals surface area contributed by atoms with E-state index in [4.69, 9.17) is 11.6 Å². The second-order valence-electron chi connectivity index (χ2n) is 6.75. The Kier molecular flexibility index (Phi) is 6.07. The van der Waals surface area contributed by atoms with Gasteiger partial charge in [0, 0.05) is 38.8 Å². The van der Waals surface area contributed by atoms with Gasteiger partial charge in [0.15, 0.2) is 0 Å². The van der Waals surface area contributed by atoms with Gasteiger partial charge in [0.2, 0.25) is 10.0 Å². The summed E-state index contributed by atoms with van der Waals surface area (Å²) in [4.78, 5) is 27.5. The van der Waals surface area contributed by atoms with Crippen molar-refractivity contribution in [1.82, 2.24) is 14.1 Å². The highest BCUT2D eigenvalue weighted by Crippen LogP contribution is 2.26. The quantitative estimate of drug-likeness (QED) is 0.525. The van der Waals surface area contributed by atoms with Crippen LogP contribution in [0.3, 0.4) is 0 Å². The van der Waals surface area contributed by atoms with E-state index in [-0.39, 0.29) is 29.0 Å². The first-order valence-corrected chi connectivity index (χ1v) is 10.7. The van der Waals surface area contributed by atoms with Gasteiger partial charge in [0.25, 0.3) is 0 Å². The lowest BCUT2D eigenvalue weighted by molar-refractivity contribution is -0.157. The van der Waals surface area contributed by atoms with Gasteiger partial charge in [-0.25, -0.2) is 12.8 Å². The molecule has 0 bridgehead atoms. The smallest absolute Gasteiger partial charge is 0.312 e. The third-order valence-electron chi connectivity index (χ3n) is 5.08. The maximum Gasteiger partial charge on any atom is 0.312 e. The van der Waals surface area contributed by atoms with Crippen molar-refractivity contribution in [1.29, 1.82) is 0 Å². The normalized spacial score (nSPS) is 19.9. The molecule has 0 aromatic heterocycles. The first-order chi connectivity index (χ1) is 13.3. The van der Waals surface area contributed by atoms with E-state index < -0.39 is 27.7 Å². The highest BCUT2D eigenvalue weighted by atomic mass is 35.5. The topological polar surface area (TPSA) is 78.0 Å². The van der Waals surface area contributed by atoms with Crippen LogP contribution in [0.4, 0.5) is 4.39 Å². The van der Waals surface area contributed by atoms with Gasteiger partial charge in [0.1, 0.15) is 5.82 Å². The Hall–Kier alpha value is -1.97. The van der Waals surface area contributed by atoms with E-state index in [1.165, 1.54) is 15.3 Å². The summed E-state index contributed by atoms with van der Waals surface area (Å²) in [5, 5.41) is -0.252. The minimum absolute atomic E-state index is 0.0679. The number of hydrogen-bond donors (Lipinski definition) is 0. The predicted octanol–water partition coefficient (Wildman–Crippen LogP) is 1.49. The van der Waals surface area contributed by atoms with E-state index >= 15 is 0 Å². The lowest BCUT2D eigenvalue weighted by Gasteiger charge is -2.41. The molecule has 2 fully saturated rings. The van der Waals surface area contributed by atoms with Crippen LogP contribution in [0.1, 0.15) is 12.8 Å². The Labute approximate surface area is 168 Å². The number of rotatable bonds is 5. The lowest BCUT2D eigenvalue weighted by Crippen LogP contribution is -2.59. The fraction of sp³-hybridized carbons (Fsp3) is 0.444. The molecule has 2 heterocycles. The second kappa shape index (κ2) is 8.18. The number of carbonyl (C=O) groups is 2. The molecule has 0 saturated carbocycles. The number of carbonyl (C=O) groups excluding carboxylic acids is 2. The fourth-order valence-corrected chi connectivity index (χ4v) is 5.29. The van der Waals surface area contributed by atoms with E-state index in [9.17, 15) is 22.4 Å². The van der Waals surface area contributed by atoms with Crippen molar-refractivity contribution in [2.45, 2.75) is 23.8 Å². The molecule has 0 atom stereocenters. The molecule has 3 rings (SSSR count). The van der Waals surface area contributed by atoms with Crippen molar-refractivity contribution >= 4 is 33.4 Å². The lowest BCUT2D eigenvalue weighted by atomic mass is 10.0. The third-order valence-corrected chi connectivity index (χ3v) is 7.27. The number of piperidine rings is 1. The Morgan fingerprint density at radius 3 is 2.43 bits per heavy atom. The van der Waals surface area contributed by atoms with E-state index in [2.05, 4.69) is 6.58 Å². The maximum atomic E-state index is 13.3. The molecule has 0 unspecified atom stereocenters. The summed E-state index contributed by atoms with van der Waals surface area (Å²) < 4.78 is 40.1. The van der Waals surface area contributed by atoms with Gasteiger partial charge in [-0.1, -0.05) is 17.7 Å². The summed E-state index contributed by atoms with van der Waals surface area (Å²) >= 11 is 5.70. The van der Waals surface area contributed by atoms with Crippen molar-refractivity contribution < 1.29 is 22.4 Å². The average molecular weight is 430 g/mol. The molecule has 1 aromatic carbocycles. The minimum Gasteiger partial charge on any atom is -0.330 e. The Morgan fingerprint density at radius 1 is 1.14 bits per heavy atom. The molecule has 2 aliphatic heterocycles. The first-order valence-electron chi connectivity index (χ1n) is 8.91. The van der Waals surface area contributed by atoms with Crippen LogP contribution in [0.2, 0.25) is 5.02 Å². The number of piperazine rings is 1. The van der Waals surface area contributed by atoms with Crippen LogP contribution >= 0.6 is 11.6 Å². The molecular weight excluding hydrogens is 409 g/mol. The molecular formula is C18H21ClFN3O4S. The van der Waals surface area contributed by atoms with Gasteiger partial charge < -0.3 is 9.80 Å². The molecule has 2 saturated heterocycles. The Bertz CT molecular complexity index is 900. The van der Waals surface area contributed by atoms with E-state index in [0.717, 1.165) is 12.1 Å². The number of amides is 2. The van der Waals surface area contributed by atoms with Gasteiger partial charge in [-0.15, -0.1) is 6.58 Å². The minimum atomic E-state index is -3.80. The van der Waals surface area contributed by atoms with Crippen molar-refractivity contribution in [3.8, 4) is 0 Å². The van der Waals surface area contributed by atoms with E-state index in [1.807, 2.05) is 0 Å². The van der Waals surface area contributed by atoms with Crippen molar-refractivity contribution in [3.63, 3.8) is 0 Å². The summed E-state index contributed by atoms with van der Waals surface area (Å²) in [6.07, 6.45) is 2.43. The Morgan fingerprint density at radius 2 is 1.82 bits per heavy atom. The summed E-state index contributed by atoms with van der Waals surface area (Å²) in [6.45, 7) is 5.17. The van der Waals surface area contributed by atoms with Gasteiger partial charge in [-0.2, -0.15) is 4.31 Å². The van der Waals surface area contributed by atoms with Crippen molar-refractivity contribution in [2.24, 2.45) is 0 Å². The van der Waals surface area contributed by atoms with Crippen LogP contribution in [-0.4, -0.2) is 73.1 Å². The average Bonchev–Trinajstić information content (AvgIpc) is 2.68. The van der Waals surface area contributed by atoms with Gasteiger partial charge in [-0.05, 0) is 31.0 Å². The zero-order valence-corrected chi connectivity index (χ0v) is 16.8. The first kappa shape index (κ1) is 20.8. The van der Waals surface area contributed by atoms with Gasteiger partial charge in [-0.3, -0.25) is 9.59 Å². The molecule has 152 valence electrons. The van der Waals surface area contributed by atoms with Crippen LogP contribution in [0.25, 0.3) is 0 Å². The highest BCUT2D eigenvalue weighted by molar-refractivity contribution is 7.89. The third kappa shape index (κ3) is 3.92. The number of nitrogens with zero attached hydrogens (tertiary/aromatic N) is 3. The van der Waals surface area contributed by atoms with Gasteiger partial charge in [0.05, 0.1) is 9.92 Å². The van der Waals surface area contributed by atoms with Crippen LogP contribution < -0.4 is 0 Å². The molecule has 0 N–H and O–H groups in total. The zero-order valence-electron chi connectivity index (χ0n) is 15.2. The van der Waals surface area contributed by atoms with Crippen LogP contribution in [0, 0.1) is 5.82 Å². The molecule has 2 amide bonds. The molecule has 10 heteroatoms. The number of benzene rings is 1. The van der Waals surface area contributed by atoms with Crippen LogP contribution in [0.15, 0.2) is 35.7 Å². The highest BCUT2D eigenvalue weighted by Gasteiger charge is 2.38. The van der Waals surface area contributed by atoms with Crippen molar-refractivity contribution in [3.05, 3.63) is 41.7 Å². The molecule has 7 nitrogen and oxygen atoms in total. The number of sulfonamides is 1. The monoisotopic (exact) mass is 429 g/mol. The number of hydrogen-bond acceptors (Lipinski definition) is 4. The fourth-order valence-electron chi connectivity index (χ4n) is 3.55. The van der Waals surface area contributed by atoms with Crippen molar-refractivity contribution in [2.75, 3.05) is 32.7 Å². The largest absolute Gasteiger partial charge is 0.330 e. The molecule has 0 spiro atoms. The standard InChI is InChI=1S/C18H21ClFN3O4S/c1-2-7-21-10-11-23(18(25)17(21)24)13-5-8-22(9-6-13)28(26,27)14-3-4-16(20)15(19)12-14/h2-4,12-13H,1,5-11H2. The SMILES string of the molecule is C=CCN1CCN(C2CCN(S(=O)(=O)c3ccc(F)c(Cl)c3)CC2)C(=O)C1=O. The molecule has 2 aliphatic rings. The second-order valence-corrected chi connectivity index (χ2v) is 9.09. The van der Waals surface area contributed by atoms with Crippen LogP contribution in [-0.2, 0) is 19.6 Å². The van der Waals surface area contributed by atoms with E-state index in [0.29, 0.717) is 32.5 Å². The molecule has 1 aromatic rings. The Balaban J connectivity index is 1.66. The van der Waals surface area contributed by atoms with Gasteiger partial charge >= 0.3 is 11.8 Å². The zero-order chi connectivity index (χ0) is 20.5. The number of halogens is 2. The summed E-state index contributed by atoms with van der Waals surface area (Å²) in [7, 11) is -3.80. The van der Waals surface area contributed by atoms with E-state index in [1.54, 1.807) is 11.0 Å². The predicted molar refractivity (Wildman–Crippen MR) is 102 cm³/mol. The van der Waals surface area contributed by atoms with Crippen LogP contribution in [0.5, 0.6) is 0 Å². The summed E-state index contributed by atoms with van der Waals surface area (Å²) in [6, 6.07) is 3.11. The molecule has 28 heavy (non-hydrogen) atoms. The maximum absolute atomic E-state index is 13.3.